The third-order valence-corrected chi connectivity index (χ3v) is 5.45. The van der Waals surface area contributed by atoms with Crippen LogP contribution in [0.4, 0.5) is 0 Å². The van der Waals surface area contributed by atoms with Gasteiger partial charge < -0.3 is 10.6 Å². The Hall–Kier alpha value is -0.870. The molecule has 0 aliphatic heterocycles. The number of halogens is 1. The second-order valence-corrected chi connectivity index (χ2v) is 6.76. The van der Waals surface area contributed by atoms with Crippen LogP contribution >= 0.6 is 15.9 Å². The minimum absolute atomic E-state index is 0.128. The topological polar surface area (TPSA) is 46.3 Å². The normalized spacial score (nSPS) is 22.1. The molecule has 2 atom stereocenters. The number of hydrogen-bond acceptors (Lipinski definition) is 2. The zero-order chi connectivity index (χ0) is 15.4. The van der Waals surface area contributed by atoms with Crippen molar-refractivity contribution in [3.05, 3.63) is 33.8 Å². The van der Waals surface area contributed by atoms with Crippen molar-refractivity contribution in [2.24, 2.45) is 11.7 Å². The lowest BCUT2D eigenvalue weighted by Crippen LogP contribution is -2.48. The monoisotopic (exact) mass is 352 g/mol. The van der Waals surface area contributed by atoms with E-state index >= 15 is 0 Å². The van der Waals surface area contributed by atoms with E-state index in [-0.39, 0.29) is 5.91 Å². The van der Waals surface area contributed by atoms with Crippen LogP contribution in [0.5, 0.6) is 0 Å². The van der Waals surface area contributed by atoms with Crippen LogP contribution in [0.2, 0.25) is 0 Å². The molecule has 0 saturated heterocycles. The standard InChI is InChI=1S/C17H25BrN2O/c1-3-20(16-7-5-4-6-14(16)11-19)17(21)13-9-8-12(2)15(18)10-13/h8-10,14,16H,3-7,11,19H2,1-2H3. The predicted molar refractivity (Wildman–Crippen MR) is 90.4 cm³/mol. The van der Waals surface area contributed by atoms with Gasteiger partial charge in [-0.15, -0.1) is 0 Å². The van der Waals surface area contributed by atoms with Crippen molar-refractivity contribution in [2.45, 2.75) is 45.6 Å². The van der Waals surface area contributed by atoms with Crippen LogP contribution in [0.3, 0.4) is 0 Å². The molecule has 0 spiro atoms. The summed E-state index contributed by atoms with van der Waals surface area (Å²) in [5.74, 6) is 0.570. The van der Waals surface area contributed by atoms with Gasteiger partial charge in [-0.25, -0.2) is 0 Å². The molecule has 1 aromatic carbocycles. The zero-order valence-corrected chi connectivity index (χ0v) is 14.5. The first-order valence-corrected chi connectivity index (χ1v) is 8.65. The maximum absolute atomic E-state index is 12.9. The third-order valence-electron chi connectivity index (χ3n) is 4.59. The van der Waals surface area contributed by atoms with E-state index in [0.717, 1.165) is 35.0 Å². The number of aryl methyl sites for hydroxylation is 1. The van der Waals surface area contributed by atoms with E-state index < -0.39 is 0 Å². The molecule has 2 unspecified atom stereocenters. The van der Waals surface area contributed by atoms with E-state index in [4.69, 9.17) is 5.73 Å². The fraction of sp³-hybridized carbons (Fsp3) is 0.588. The highest BCUT2D eigenvalue weighted by Gasteiger charge is 2.31. The second-order valence-electron chi connectivity index (χ2n) is 5.90. The van der Waals surface area contributed by atoms with Crippen LogP contribution in [0, 0.1) is 12.8 Å². The first kappa shape index (κ1) is 16.5. The van der Waals surface area contributed by atoms with Crippen molar-refractivity contribution >= 4 is 21.8 Å². The Balaban J connectivity index is 2.22. The van der Waals surface area contributed by atoms with Gasteiger partial charge in [0.25, 0.3) is 5.91 Å². The van der Waals surface area contributed by atoms with Gasteiger partial charge in [-0.1, -0.05) is 34.8 Å². The van der Waals surface area contributed by atoms with Crippen molar-refractivity contribution in [3.63, 3.8) is 0 Å². The van der Waals surface area contributed by atoms with Crippen molar-refractivity contribution in [2.75, 3.05) is 13.1 Å². The highest BCUT2D eigenvalue weighted by Crippen LogP contribution is 2.29. The minimum Gasteiger partial charge on any atom is -0.336 e. The Morgan fingerprint density at radius 2 is 2.10 bits per heavy atom. The molecule has 21 heavy (non-hydrogen) atoms. The van der Waals surface area contributed by atoms with Gasteiger partial charge in [0.1, 0.15) is 0 Å². The number of rotatable bonds is 4. The van der Waals surface area contributed by atoms with Crippen molar-refractivity contribution < 1.29 is 4.79 Å². The van der Waals surface area contributed by atoms with E-state index in [1.165, 1.54) is 12.8 Å². The van der Waals surface area contributed by atoms with Gasteiger partial charge in [-0.3, -0.25) is 4.79 Å². The van der Waals surface area contributed by atoms with Crippen molar-refractivity contribution in [3.8, 4) is 0 Å². The molecule has 1 amide bonds. The molecule has 1 aliphatic carbocycles. The Morgan fingerprint density at radius 1 is 1.38 bits per heavy atom. The summed E-state index contributed by atoms with van der Waals surface area (Å²) in [6.07, 6.45) is 4.65. The molecule has 0 bridgehead atoms. The number of carbonyl (C=O) groups excluding carboxylic acids is 1. The van der Waals surface area contributed by atoms with Crippen LogP contribution in [-0.2, 0) is 0 Å². The van der Waals surface area contributed by atoms with Gasteiger partial charge in [0.05, 0.1) is 0 Å². The highest BCUT2D eigenvalue weighted by molar-refractivity contribution is 9.10. The average molecular weight is 353 g/mol. The lowest BCUT2D eigenvalue weighted by Gasteiger charge is -2.39. The van der Waals surface area contributed by atoms with Crippen LogP contribution in [0.15, 0.2) is 22.7 Å². The average Bonchev–Trinajstić information content (AvgIpc) is 2.51. The highest BCUT2D eigenvalue weighted by atomic mass is 79.9. The predicted octanol–water partition coefficient (Wildman–Crippen LogP) is 3.74. The Labute approximate surface area is 136 Å². The maximum atomic E-state index is 12.9. The summed E-state index contributed by atoms with van der Waals surface area (Å²) in [6, 6.07) is 6.14. The van der Waals surface area contributed by atoms with E-state index in [1.807, 2.05) is 30.0 Å². The van der Waals surface area contributed by atoms with Gasteiger partial charge in [-0.05, 0) is 56.8 Å². The Bertz CT molecular complexity index is 504. The smallest absolute Gasteiger partial charge is 0.254 e. The zero-order valence-electron chi connectivity index (χ0n) is 12.9. The minimum atomic E-state index is 0.128. The molecule has 2 rings (SSSR count). The summed E-state index contributed by atoms with van der Waals surface area (Å²) in [7, 11) is 0. The molecule has 4 heteroatoms. The first-order valence-electron chi connectivity index (χ1n) is 7.85. The number of nitrogens with two attached hydrogens (primary N) is 1. The van der Waals surface area contributed by atoms with E-state index in [1.54, 1.807) is 0 Å². The lowest BCUT2D eigenvalue weighted by molar-refractivity contribution is 0.0560. The van der Waals surface area contributed by atoms with Crippen LogP contribution < -0.4 is 5.73 Å². The molecule has 0 radical (unpaired) electrons. The first-order chi connectivity index (χ1) is 10.1. The summed E-state index contributed by atoms with van der Waals surface area (Å²) in [5, 5.41) is 0. The molecule has 0 heterocycles. The van der Waals surface area contributed by atoms with Gasteiger partial charge in [0.15, 0.2) is 0 Å². The summed E-state index contributed by atoms with van der Waals surface area (Å²) < 4.78 is 0.989. The number of amides is 1. The van der Waals surface area contributed by atoms with Crippen LogP contribution in [-0.4, -0.2) is 29.9 Å². The summed E-state index contributed by atoms with van der Waals surface area (Å²) in [4.78, 5) is 14.9. The largest absolute Gasteiger partial charge is 0.336 e. The van der Waals surface area contributed by atoms with E-state index in [2.05, 4.69) is 22.9 Å². The van der Waals surface area contributed by atoms with Crippen molar-refractivity contribution in [1.82, 2.24) is 4.90 Å². The summed E-state index contributed by atoms with van der Waals surface area (Å²) >= 11 is 3.52. The summed E-state index contributed by atoms with van der Waals surface area (Å²) in [6.45, 7) is 5.50. The quantitative estimate of drug-likeness (QED) is 0.896. The molecular formula is C17H25BrN2O. The Kier molecular flexibility index (Phi) is 5.82. The molecule has 3 nitrogen and oxygen atoms in total. The van der Waals surface area contributed by atoms with Crippen LogP contribution in [0.25, 0.3) is 0 Å². The number of benzene rings is 1. The van der Waals surface area contributed by atoms with Gasteiger partial charge in [0.2, 0.25) is 0 Å². The summed E-state index contributed by atoms with van der Waals surface area (Å²) in [5.41, 5.74) is 7.83. The van der Waals surface area contributed by atoms with E-state index in [9.17, 15) is 4.79 Å². The number of nitrogens with zero attached hydrogens (tertiary/aromatic N) is 1. The van der Waals surface area contributed by atoms with Crippen molar-refractivity contribution in [1.29, 1.82) is 0 Å². The fourth-order valence-corrected chi connectivity index (χ4v) is 3.67. The molecule has 116 valence electrons. The SMILES string of the molecule is CCN(C(=O)c1ccc(C)c(Br)c1)C1CCCCC1CN. The molecular weight excluding hydrogens is 328 g/mol. The fourth-order valence-electron chi connectivity index (χ4n) is 3.29. The van der Waals surface area contributed by atoms with Gasteiger partial charge in [-0.2, -0.15) is 0 Å². The molecule has 1 aliphatic rings. The van der Waals surface area contributed by atoms with Crippen LogP contribution in [0.1, 0.15) is 48.5 Å². The third kappa shape index (κ3) is 3.67. The molecule has 1 fully saturated rings. The molecule has 2 N–H and O–H groups in total. The van der Waals surface area contributed by atoms with E-state index in [0.29, 0.717) is 18.5 Å². The molecule has 0 aromatic heterocycles. The van der Waals surface area contributed by atoms with Gasteiger partial charge >= 0.3 is 0 Å². The molecule has 1 saturated carbocycles. The Morgan fingerprint density at radius 3 is 2.71 bits per heavy atom. The number of hydrogen-bond donors (Lipinski definition) is 1. The number of carbonyl (C=O) groups is 1. The molecule has 1 aromatic rings. The lowest BCUT2D eigenvalue weighted by atomic mass is 9.83. The van der Waals surface area contributed by atoms with Gasteiger partial charge in [0, 0.05) is 22.6 Å². The second kappa shape index (κ2) is 7.41. The maximum Gasteiger partial charge on any atom is 0.254 e.